The van der Waals surface area contributed by atoms with Crippen LogP contribution in [0.3, 0.4) is 0 Å². The number of hydrogen-bond acceptors (Lipinski definition) is 4. The fraction of sp³-hybridized carbons (Fsp3) is 0.0455. The van der Waals surface area contributed by atoms with E-state index in [-0.39, 0.29) is 26.6 Å². The van der Waals surface area contributed by atoms with Crippen molar-refractivity contribution in [3.8, 4) is 16.5 Å². The van der Waals surface area contributed by atoms with Crippen molar-refractivity contribution in [3.05, 3.63) is 88.4 Å². The molecule has 8 heteroatoms. The minimum absolute atomic E-state index is 0.0756. The van der Waals surface area contributed by atoms with Crippen LogP contribution < -0.4 is 0 Å². The number of rotatable bonds is 4. The van der Waals surface area contributed by atoms with Crippen LogP contribution in [-0.4, -0.2) is 8.42 Å². The number of thiophene rings is 1. The first kappa shape index (κ1) is 20.5. The van der Waals surface area contributed by atoms with E-state index in [2.05, 4.69) is 0 Å². The highest BCUT2D eigenvalue weighted by Crippen LogP contribution is 2.36. The monoisotopic (exact) mass is 459 g/mol. The van der Waals surface area contributed by atoms with Gasteiger partial charge in [0, 0.05) is 31.8 Å². The van der Waals surface area contributed by atoms with E-state index in [1.165, 1.54) is 35.6 Å². The third-order valence-electron chi connectivity index (χ3n) is 4.53. The Balaban J connectivity index is 1.77. The molecule has 0 amide bonds. The Bertz CT molecular complexity index is 1410. The molecular weight excluding hydrogens is 448 g/mol. The maximum Gasteiger partial charge on any atom is 0.182 e. The topological polar surface area (TPSA) is 57.9 Å². The molecule has 30 heavy (non-hydrogen) atoms. The second kappa shape index (κ2) is 7.80. The van der Waals surface area contributed by atoms with Crippen molar-refractivity contribution in [1.82, 2.24) is 0 Å². The Morgan fingerprint density at radius 3 is 2.50 bits per heavy atom. The summed E-state index contributed by atoms with van der Waals surface area (Å²) in [6, 6.07) is 16.7. The lowest BCUT2D eigenvalue weighted by Crippen LogP contribution is -2.08. The van der Waals surface area contributed by atoms with Crippen LogP contribution in [0.15, 0.2) is 65.6 Å². The van der Waals surface area contributed by atoms with Gasteiger partial charge in [0.05, 0.1) is 22.3 Å². The molecule has 1 heterocycles. The minimum Gasteiger partial charge on any atom is -0.223 e. The van der Waals surface area contributed by atoms with Gasteiger partial charge in [0.2, 0.25) is 0 Å². The summed E-state index contributed by atoms with van der Waals surface area (Å²) in [5.74, 6) is -2.42. The minimum atomic E-state index is -4.02. The van der Waals surface area contributed by atoms with Crippen LogP contribution in [0.4, 0.5) is 8.78 Å². The van der Waals surface area contributed by atoms with Crippen molar-refractivity contribution < 1.29 is 17.2 Å². The van der Waals surface area contributed by atoms with Crippen LogP contribution in [0.25, 0.3) is 20.5 Å². The first-order valence-corrected chi connectivity index (χ1v) is 11.5. The molecule has 3 aromatic carbocycles. The molecule has 0 saturated carbocycles. The number of sulfone groups is 1. The van der Waals surface area contributed by atoms with Gasteiger partial charge in [0.25, 0.3) is 0 Å². The number of fused-ring (bicyclic) bond motifs is 1. The van der Waals surface area contributed by atoms with Crippen molar-refractivity contribution >= 4 is 42.9 Å². The summed E-state index contributed by atoms with van der Waals surface area (Å²) >= 11 is 7.23. The van der Waals surface area contributed by atoms with Crippen LogP contribution in [-0.2, 0) is 15.6 Å². The van der Waals surface area contributed by atoms with E-state index >= 15 is 0 Å². The maximum atomic E-state index is 14.5. The van der Waals surface area contributed by atoms with Gasteiger partial charge < -0.3 is 0 Å². The molecule has 0 aliphatic heterocycles. The summed E-state index contributed by atoms with van der Waals surface area (Å²) in [7, 11) is -4.02. The summed E-state index contributed by atoms with van der Waals surface area (Å²) in [6.45, 7) is 0. The normalized spacial score (nSPS) is 11.5. The van der Waals surface area contributed by atoms with Gasteiger partial charge in [-0.15, -0.1) is 11.3 Å². The molecule has 0 aliphatic rings. The quantitative estimate of drug-likeness (QED) is 0.357. The molecule has 4 rings (SSSR count). The molecule has 3 nitrogen and oxygen atoms in total. The Morgan fingerprint density at radius 2 is 1.77 bits per heavy atom. The lowest BCUT2D eigenvalue weighted by atomic mass is 10.1. The predicted octanol–water partition coefficient (Wildman–Crippen LogP) is 6.35. The van der Waals surface area contributed by atoms with E-state index in [1.807, 2.05) is 30.3 Å². The largest absolute Gasteiger partial charge is 0.223 e. The smallest absolute Gasteiger partial charge is 0.182 e. The average Bonchev–Trinajstić information content (AvgIpc) is 3.13. The third kappa shape index (κ3) is 3.94. The molecule has 0 saturated heterocycles. The molecule has 0 bridgehead atoms. The van der Waals surface area contributed by atoms with E-state index < -0.39 is 27.2 Å². The predicted molar refractivity (Wildman–Crippen MR) is 114 cm³/mol. The summed E-state index contributed by atoms with van der Waals surface area (Å²) < 4.78 is 55.5. The zero-order valence-electron chi connectivity index (χ0n) is 15.2. The van der Waals surface area contributed by atoms with Crippen molar-refractivity contribution in [2.45, 2.75) is 10.6 Å². The van der Waals surface area contributed by atoms with Gasteiger partial charge in [-0.25, -0.2) is 17.2 Å². The number of benzene rings is 3. The highest BCUT2D eigenvalue weighted by molar-refractivity contribution is 7.90. The van der Waals surface area contributed by atoms with Gasteiger partial charge in [-0.2, -0.15) is 5.26 Å². The molecule has 0 unspecified atom stereocenters. The Morgan fingerprint density at radius 1 is 1.00 bits per heavy atom. The van der Waals surface area contributed by atoms with E-state index in [9.17, 15) is 17.2 Å². The van der Waals surface area contributed by atoms with Crippen LogP contribution in [0.5, 0.6) is 0 Å². The number of nitriles is 1. The standard InChI is InChI=1S/C22H12ClF2NO2S2/c23-16-5-13(11-26)6-17(9-16)30(27,28)12-15-7-18(20(25)10-19(15)24)22-8-14-3-1-2-4-21(14)29-22/h1-10H,12H2. The van der Waals surface area contributed by atoms with E-state index in [0.717, 1.165) is 10.1 Å². The molecule has 0 spiro atoms. The van der Waals surface area contributed by atoms with Crippen LogP contribution >= 0.6 is 22.9 Å². The lowest BCUT2D eigenvalue weighted by Gasteiger charge is -2.09. The molecular formula is C22H12ClF2NO2S2. The number of hydrogen-bond donors (Lipinski definition) is 0. The molecule has 1 aromatic heterocycles. The van der Waals surface area contributed by atoms with Crippen LogP contribution in [0.1, 0.15) is 11.1 Å². The fourth-order valence-corrected chi connectivity index (χ4v) is 5.89. The highest BCUT2D eigenvalue weighted by atomic mass is 35.5. The lowest BCUT2D eigenvalue weighted by molar-refractivity contribution is 0.571. The van der Waals surface area contributed by atoms with Gasteiger partial charge in [-0.3, -0.25) is 0 Å². The second-order valence-electron chi connectivity index (χ2n) is 6.62. The SMILES string of the molecule is N#Cc1cc(Cl)cc(S(=O)(=O)Cc2cc(-c3cc4ccccc4s3)c(F)cc2F)c1. The first-order valence-electron chi connectivity index (χ1n) is 8.67. The van der Waals surface area contributed by atoms with Gasteiger partial charge in [-0.1, -0.05) is 29.8 Å². The van der Waals surface area contributed by atoms with Gasteiger partial charge in [0.1, 0.15) is 11.6 Å². The molecule has 4 aromatic rings. The van der Waals surface area contributed by atoms with E-state index in [0.29, 0.717) is 10.9 Å². The van der Waals surface area contributed by atoms with Gasteiger partial charge in [-0.05, 0) is 41.8 Å². The first-order chi connectivity index (χ1) is 14.3. The highest BCUT2D eigenvalue weighted by Gasteiger charge is 2.22. The maximum absolute atomic E-state index is 14.5. The molecule has 0 atom stereocenters. The molecule has 0 N–H and O–H groups in total. The second-order valence-corrected chi connectivity index (χ2v) is 10.1. The molecule has 150 valence electrons. The summed E-state index contributed by atoms with van der Waals surface area (Å²) in [6.07, 6.45) is 0. The summed E-state index contributed by atoms with van der Waals surface area (Å²) in [5, 5.41) is 10.0. The van der Waals surface area contributed by atoms with Crippen LogP contribution in [0.2, 0.25) is 5.02 Å². The fourth-order valence-electron chi connectivity index (χ4n) is 3.10. The van der Waals surface area contributed by atoms with E-state index in [4.69, 9.17) is 16.9 Å². The Labute approximate surface area is 180 Å². The Hall–Kier alpha value is -2.79. The number of halogens is 3. The van der Waals surface area contributed by atoms with Crippen molar-refractivity contribution in [1.29, 1.82) is 5.26 Å². The van der Waals surface area contributed by atoms with Gasteiger partial charge in [0.15, 0.2) is 9.84 Å². The average molecular weight is 460 g/mol. The molecule has 0 fully saturated rings. The van der Waals surface area contributed by atoms with Crippen molar-refractivity contribution in [2.24, 2.45) is 0 Å². The van der Waals surface area contributed by atoms with E-state index in [1.54, 1.807) is 6.07 Å². The van der Waals surface area contributed by atoms with Gasteiger partial charge >= 0.3 is 0 Å². The summed E-state index contributed by atoms with van der Waals surface area (Å²) in [5.41, 5.74) is 0.0422. The zero-order valence-corrected chi connectivity index (χ0v) is 17.6. The van der Waals surface area contributed by atoms with Crippen molar-refractivity contribution in [3.63, 3.8) is 0 Å². The number of nitrogens with zero attached hydrogens (tertiary/aromatic N) is 1. The Kier molecular flexibility index (Phi) is 5.33. The van der Waals surface area contributed by atoms with Crippen molar-refractivity contribution in [2.75, 3.05) is 0 Å². The molecule has 0 radical (unpaired) electrons. The third-order valence-corrected chi connectivity index (χ3v) is 7.54. The zero-order chi connectivity index (χ0) is 21.5. The van der Waals surface area contributed by atoms with Crippen LogP contribution in [0, 0.1) is 23.0 Å². The molecule has 0 aliphatic carbocycles. The summed E-state index contributed by atoms with van der Waals surface area (Å²) in [4.78, 5) is 0.376.